The van der Waals surface area contributed by atoms with Gasteiger partial charge in [0.05, 0.1) is 17.0 Å². The maximum absolute atomic E-state index is 12.2. The van der Waals surface area contributed by atoms with Gasteiger partial charge in [0.2, 0.25) is 5.91 Å². The summed E-state index contributed by atoms with van der Waals surface area (Å²) in [4.78, 5) is 17.8. The van der Waals surface area contributed by atoms with Crippen LogP contribution < -0.4 is 5.32 Å². The summed E-state index contributed by atoms with van der Waals surface area (Å²) in [7, 11) is 0. The van der Waals surface area contributed by atoms with Crippen molar-refractivity contribution in [2.24, 2.45) is 0 Å². The molecule has 2 aromatic carbocycles. The van der Waals surface area contributed by atoms with Crippen LogP contribution in [0.1, 0.15) is 16.8 Å². The number of nitrogens with one attached hydrogen (secondary N) is 1. The van der Waals surface area contributed by atoms with Crippen LogP contribution in [0.3, 0.4) is 0 Å². The van der Waals surface area contributed by atoms with E-state index in [0.717, 1.165) is 27.3 Å². The SMILES string of the molecule is Cc1ccccc1CC(=O)Nc1nc(C)c(-c2ccccc2)s1. The minimum Gasteiger partial charge on any atom is -0.302 e. The zero-order valence-corrected chi connectivity index (χ0v) is 14.0. The van der Waals surface area contributed by atoms with E-state index in [4.69, 9.17) is 0 Å². The Morgan fingerprint density at radius 1 is 1.04 bits per heavy atom. The molecule has 0 aliphatic heterocycles. The van der Waals surface area contributed by atoms with Crippen molar-refractivity contribution in [2.75, 3.05) is 5.32 Å². The fourth-order valence-electron chi connectivity index (χ4n) is 2.45. The normalized spacial score (nSPS) is 10.5. The Balaban J connectivity index is 1.74. The Labute approximate surface area is 140 Å². The average Bonchev–Trinajstić information content (AvgIpc) is 2.91. The van der Waals surface area contributed by atoms with E-state index in [1.165, 1.54) is 11.3 Å². The molecular weight excluding hydrogens is 304 g/mol. The lowest BCUT2D eigenvalue weighted by molar-refractivity contribution is -0.115. The standard InChI is InChI=1S/C19H18N2OS/c1-13-8-6-7-11-16(13)12-17(22)21-19-20-14(2)18(23-19)15-9-4-3-5-10-15/h3-11H,12H2,1-2H3,(H,20,21,22). The van der Waals surface area contributed by atoms with Crippen LogP contribution >= 0.6 is 11.3 Å². The van der Waals surface area contributed by atoms with Crippen LogP contribution in [0.4, 0.5) is 5.13 Å². The number of hydrogen-bond acceptors (Lipinski definition) is 3. The number of rotatable bonds is 4. The number of benzene rings is 2. The van der Waals surface area contributed by atoms with Gasteiger partial charge in [0, 0.05) is 0 Å². The van der Waals surface area contributed by atoms with Gasteiger partial charge in [0.15, 0.2) is 5.13 Å². The number of amides is 1. The molecule has 0 atom stereocenters. The Morgan fingerprint density at radius 3 is 2.48 bits per heavy atom. The van der Waals surface area contributed by atoms with Crippen molar-refractivity contribution in [3.63, 3.8) is 0 Å². The number of anilines is 1. The van der Waals surface area contributed by atoms with Crippen LogP contribution in [0.25, 0.3) is 10.4 Å². The van der Waals surface area contributed by atoms with Gasteiger partial charge in [0.1, 0.15) is 0 Å². The second kappa shape index (κ2) is 6.75. The van der Waals surface area contributed by atoms with Crippen LogP contribution in [0.5, 0.6) is 0 Å². The first-order valence-corrected chi connectivity index (χ1v) is 8.32. The van der Waals surface area contributed by atoms with Gasteiger partial charge in [0.25, 0.3) is 0 Å². The van der Waals surface area contributed by atoms with E-state index >= 15 is 0 Å². The summed E-state index contributed by atoms with van der Waals surface area (Å²) in [6.45, 7) is 3.99. The van der Waals surface area contributed by atoms with E-state index in [1.54, 1.807) is 0 Å². The first-order valence-electron chi connectivity index (χ1n) is 7.50. The Bertz CT molecular complexity index is 824. The molecule has 0 spiro atoms. The van der Waals surface area contributed by atoms with Crippen molar-refractivity contribution in [1.82, 2.24) is 4.98 Å². The first-order chi connectivity index (χ1) is 11.1. The number of hydrogen-bond donors (Lipinski definition) is 1. The van der Waals surface area contributed by atoms with Gasteiger partial charge in [-0.25, -0.2) is 4.98 Å². The minimum absolute atomic E-state index is 0.0346. The number of carbonyl (C=O) groups excluding carboxylic acids is 1. The zero-order chi connectivity index (χ0) is 16.2. The maximum Gasteiger partial charge on any atom is 0.230 e. The first kappa shape index (κ1) is 15.4. The highest BCUT2D eigenvalue weighted by Gasteiger charge is 2.12. The van der Waals surface area contributed by atoms with Crippen LogP contribution in [-0.4, -0.2) is 10.9 Å². The molecule has 4 heteroatoms. The van der Waals surface area contributed by atoms with Gasteiger partial charge < -0.3 is 5.32 Å². The second-order valence-electron chi connectivity index (χ2n) is 5.45. The van der Waals surface area contributed by atoms with Crippen molar-refractivity contribution < 1.29 is 4.79 Å². The molecule has 23 heavy (non-hydrogen) atoms. The zero-order valence-electron chi connectivity index (χ0n) is 13.2. The molecule has 1 heterocycles. The molecule has 0 saturated heterocycles. The summed E-state index contributed by atoms with van der Waals surface area (Å²) in [6, 6.07) is 18.0. The molecule has 0 fully saturated rings. The van der Waals surface area contributed by atoms with Gasteiger partial charge in [-0.3, -0.25) is 4.79 Å². The molecule has 116 valence electrons. The molecule has 0 radical (unpaired) electrons. The number of aromatic nitrogens is 1. The molecule has 0 aliphatic rings. The molecule has 0 saturated carbocycles. The fraction of sp³-hybridized carbons (Fsp3) is 0.158. The summed E-state index contributed by atoms with van der Waals surface area (Å²) in [5, 5.41) is 3.57. The third kappa shape index (κ3) is 3.66. The van der Waals surface area contributed by atoms with Crippen LogP contribution in [-0.2, 0) is 11.2 Å². The van der Waals surface area contributed by atoms with E-state index in [-0.39, 0.29) is 5.91 Å². The summed E-state index contributed by atoms with van der Waals surface area (Å²) >= 11 is 1.51. The number of nitrogens with zero attached hydrogens (tertiary/aromatic N) is 1. The minimum atomic E-state index is -0.0346. The van der Waals surface area contributed by atoms with Crippen molar-refractivity contribution in [3.05, 3.63) is 71.4 Å². The maximum atomic E-state index is 12.2. The van der Waals surface area contributed by atoms with Crippen LogP contribution in [0.2, 0.25) is 0 Å². The third-order valence-corrected chi connectivity index (χ3v) is 4.81. The molecule has 3 nitrogen and oxygen atoms in total. The average molecular weight is 322 g/mol. The molecule has 0 bridgehead atoms. The smallest absolute Gasteiger partial charge is 0.230 e. The molecule has 3 rings (SSSR count). The molecule has 1 amide bonds. The monoisotopic (exact) mass is 322 g/mol. The molecule has 3 aromatic rings. The quantitative estimate of drug-likeness (QED) is 0.762. The highest BCUT2D eigenvalue weighted by molar-refractivity contribution is 7.19. The van der Waals surface area contributed by atoms with Crippen molar-refractivity contribution in [2.45, 2.75) is 20.3 Å². The highest BCUT2D eigenvalue weighted by atomic mass is 32.1. The molecular formula is C19H18N2OS. The van der Waals surface area contributed by atoms with E-state index < -0.39 is 0 Å². The molecule has 0 aliphatic carbocycles. The van der Waals surface area contributed by atoms with Crippen molar-refractivity contribution >= 4 is 22.4 Å². The lowest BCUT2D eigenvalue weighted by Crippen LogP contribution is -2.14. The van der Waals surface area contributed by atoms with E-state index in [9.17, 15) is 4.79 Å². The van der Waals surface area contributed by atoms with Crippen LogP contribution in [0.15, 0.2) is 54.6 Å². The topological polar surface area (TPSA) is 42.0 Å². The number of aryl methyl sites for hydroxylation is 2. The lowest BCUT2D eigenvalue weighted by Gasteiger charge is -2.05. The predicted octanol–water partition coefficient (Wildman–Crippen LogP) is 4.61. The van der Waals surface area contributed by atoms with E-state index in [0.29, 0.717) is 11.6 Å². The molecule has 1 N–H and O–H groups in total. The summed E-state index contributed by atoms with van der Waals surface area (Å²) in [5.74, 6) is -0.0346. The second-order valence-corrected chi connectivity index (χ2v) is 6.45. The van der Waals surface area contributed by atoms with Crippen molar-refractivity contribution in [1.29, 1.82) is 0 Å². The molecule has 0 unspecified atom stereocenters. The van der Waals surface area contributed by atoms with E-state index in [1.807, 2.05) is 56.3 Å². The van der Waals surface area contributed by atoms with Crippen molar-refractivity contribution in [3.8, 4) is 10.4 Å². The van der Waals surface area contributed by atoms with Gasteiger partial charge in [-0.2, -0.15) is 0 Å². The van der Waals surface area contributed by atoms with Gasteiger partial charge >= 0.3 is 0 Å². The van der Waals surface area contributed by atoms with Crippen LogP contribution in [0, 0.1) is 13.8 Å². The van der Waals surface area contributed by atoms with Gasteiger partial charge in [-0.1, -0.05) is 65.9 Å². The van der Waals surface area contributed by atoms with E-state index in [2.05, 4.69) is 22.4 Å². The Morgan fingerprint density at radius 2 is 1.74 bits per heavy atom. The largest absolute Gasteiger partial charge is 0.302 e. The predicted molar refractivity (Wildman–Crippen MR) is 95.8 cm³/mol. The molecule has 1 aromatic heterocycles. The summed E-state index contributed by atoms with van der Waals surface area (Å²) in [6.07, 6.45) is 0.367. The third-order valence-electron chi connectivity index (χ3n) is 3.69. The summed E-state index contributed by atoms with van der Waals surface area (Å²) < 4.78 is 0. The van der Waals surface area contributed by atoms with Gasteiger partial charge in [-0.05, 0) is 30.5 Å². The lowest BCUT2D eigenvalue weighted by atomic mass is 10.1. The number of carbonyl (C=O) groups is 1. The summed E-state index contributed by atoms with van der Waals surface area (Å²) in [5.41, 5.74) is 4.23. The Hall–Kier alpha value is -2.46. The van der Waals surface area contributed by atoms with Gasteiger partial charge in [-0.15, -0.1) is 0 Å². The Kier molecular flexibility index (Phi) is 4.53. The fourth-order valence-corrected chi connectivity index (χ4v) is 3.44. The number of thiazole rings is 1. The highest BCUT2D eigenvalue weighted by Crippen LogP contribution is 2.32.